The molecule has 0 saturated carbocycles. The first-order chi connectivity index (χ1) is 10.1. The maximum Gasteiger partial charge on any atom is 0.187 e. The average molecular weight is 279 g/mol. The van der Waals surface area contributed by atoms with Gasteiger partial charge in [0.05, 0.1) is 16.8 Å². The molecule has 0 amide bonds. The lowest BCUT2D eigenvalue weighted by atomic mass is 10.3. The van der Waals surface area contributed by atoms with E-state index in [1.807, 2.05) is 47.5 Å². The van der Waals surface area contributed by atoms with Crippen LogP contribution in [0.1, 0.15) is 11.5 Å². The lowest BCUT2D eigenvalue weighted by Crippen LogP contribution is -2.00. The Bertz CT molecular complexity index is 980. The number of hydrogen-bond acceptors (Lipinski definition) is 5. The predicted octanol–water partition coefficient (Wildman–Crippen LogP) is 1.66. The number of anilines is 1. The van der Waals surface area contributed by atoms with E-state index >= 15 is 0 Å². The highest BCUT2D eigenvalue weighted by Crippen LogP contribution is 2.24. The van der Waals surface area contributed by atoms with E-state index in [-0.39, 0.29) is 0 Å². The molecule has 0 aliphatic rings. The highest BCUT2D eigenvalue weighted by Gasteiger charge is 2.14. The summed E-state index contributed by atoms with van der Waals surface area (Å²) in [6, 6.07) is 3.92. The van der Waals surface area contributed by atoms with Crippen LogP contribution in [0.5, 0.6) is 0 Å². The number of nitrogens with zero attached hydrogens (tertiary/aromatic N) is 6. The third-order valence-electron chi connectivity index (χ3n) is 3.52. The van der Waals surface area contributed by atoms with Gasteiger partial charge in [0.25, 0.3) is 0 Å². The van der Waals surface area contributed by atoms with E-state index < -0.39 is 0 Å². The molecule has 0 aliphatic heterocycles. The van der Waals surface area contributed by atoms with Gasteiger partial charge in [0.2, 0.25) is 0 Å². The first kappa shape index (κ1) is 11.8. The van der Waals surface area contributed by atoms with Crippen LogP contribution in [-0.4, -0.2) is 29.1 Å². The smallest absolute Gasteiger partial charge is 0.187 e. The number of rotatable bonds is 1. The van der Waals surface area contributed by atoms with Crippen LogP contribution >= 0.6 is 0 Å². The summed E-state index contributed by atoms with van der Waals surface area (Å²) in [4.78, 5) is 12.8. The van der Waals surface area contributed by atoms with Crippen molar-refractivity contribution in [3.8, 4) is 5.69 Å². The molecule has 21 heavy (non-hydrogen) atoms. The fraction of sp³-hybridized carbons (Fsp3) is 0.143. The van der Waals surface area contributed by atoms with Crippen LogP contribution in [0, 0.1) is 13.8 Å². The van der Waals surface area contributed by atoms with Crippen LogP contribution in [-0.2, 0) is 0 Å². The largest absolute Gasteiger partial charge is 0.383 e. The van der Waals surface area contributed by atoms with E-state index in [9.17, 15) is 0 Å². The molecular formula is C14H13N7. The summed E-state index contributed by atoms with van der Waals surface area (Å²) in [6.07, 6.45) is 5.63. The molecule has 0 aromatic carbocycles. The number of aromatic nitrogens is 6. The lowest BCUT2D eigenvalue weighted by Gasteiger charge is -2.04. The van der Waals surface area contributed by atoms with Gasteiger partial charge < -0.3 is 10.1 Å². The predicted molar refractivity (Wildman–Crippen MR) is 79.3 cm³/mol. The molecule has 0 saturated heterocycles. The third-order valence-corrected chi connectivity index (χ3v) is 3.52. The van der Waals surface area contributed by atoms with Gasteiger partial charge in [-0.2, -0.15) is 0 Å². The van der Waals surface area contributed by atoms with Gasteiger partial charge in [-0.15, -0.1) is 5.10 Å². The van der Waals surface area contributed by atoms with Gasteiger partial charge >= 0.3 is 0 Å². The molecule has 0 spiro atoms. The average Bonchev–Trinajstić information content (AvgIpc) is 3.02. The van der Waals surface area contributed by atoms with Crippen molar-refractivity contribution in [2.75, 3.05) is 5.73 Å². The SMILES string of the molecule is Cc1nc(N)c2c(C)n(-c3ccc4nccn4c3)nc2n1. The standard InChI is InChI=1S/C14H13N7/c1-8-12-13(15)17-9(2)18-14(12)19-21(8)10-3-4-11-16-5-6-20(11)7-10/h3-7H,1-2H3,(H2,15,17,18,19). The molecule has 0 atom stereocenters. The van der Waals surface area contributed by atoms with Crippen molar-refractivity contribution in [1.29, 1.82) is 0 Å². The molecule has 4 aromatic rings. The summed E-state index contributed by atoms with van der Waals surface area (Å²) in [7, 11) is 0. The number of hydrogen-bond donors (Lipinski definition) is 1. The Labute approximate surface area is 120 Å². The molecule has 0 radical (unpaired) electrons. The van der Waals surface area contributed by atoms with Crippen LogP contribution in [0.4, 0.5) is 5.82 Å². The van der Waals surface area contributed by atoms with Crippen LogP contribution in [0.25, 0.3) is 22.4 Å². The van der Waals surface area contributed by atoms with E-state index in [1.54, 1.807) is 6.20 Å². The van der Waals surface area contributed by atoms with Crippen molar-refractivity contribution in [3.63, 3.8) is 0 Å². The number of aryl methyl sites for hydroxylation is 2. The molecule has 0 bridgehead atoms. The third kappa shape index (κ3) is 1.67. The molecule has 4 rings (SSSR count). The van der Waals surface area contributed by atoms with Gasteiger partial charge in [-0.3, -0.25) is 0 Å². The Morgan fingerprint density at radius 2 is 2.00 bits per heavy atom. The van der Waals surface area contributed by atoms with E-state index in [4.69, 9.17) is 5.73 Å². The minimum absolute atomic E-state index is 0.463. The topological polar surface area (TPSA) is 86.9 Å². The number of nitrogens with two attached hydrogens (primary N) is 1. The van der Waals surface area contributed by atoms with Crippen LogP contribution < -0.4 is 5.73 Å². The fourth-order valence-electron chi connectivity index (χ4n) is 2.56. The van der Waals surface area contributed by atoms with Gasteiger partial charge in [0.15, 0.2) is 5.65 Å². The number of nitrogen functional groups attached to an aromatic ring is 1. The van der Waals surface area contributed by atoms with Crippen molar-refractivity contribution < 1.29 is 0 Å². The van der Waals surface area contributed by atoms with Gasteiger partial charge in [-0.05, 0) is 26.0 Å². The molecule has 4 aromatic heterocycles. The zero-order valence-corrected chi connectivity index (χ0v) is 11.6. The maximum absolute atomic E-state index is 6.00. The van der Waals surface area contributed by atoms with Gasteiger partial charge in [0, 0.05) is 18.6 Å². The molecule has 0 unspecified atom stereocenters. The molecule has 7 nitrogen and oxygen atoms in total. The lowest BCUT2D eigenvalue weighted by molar-refractivity contribution is 0.846. The zero-order chi connectivity index (χ0) is 14.6. The Morgan fingerprint density at radius 1 is 1.14 bits per heavy atom. The van der Waals surface area contributed by atoms with Crippen molar-refractivity contribution >= 4 is 22.5 Å². The molecule has 4 heterocycles. The summed E-state index contributed by atoms with van der Waals surface area (Å²) in [5.41, 5.74) is 9.35. The van der Waals surface area contributed by atoms with Gasteiger partial charge in [0.1, 0.15) is 17.3 Å². The van der Waals surface area contributed by atoms with E-state index in [1.165, 1.54) is 0 Å². The van der Waals surface area contributed by atoms with Gasteiger partial charge in [-0.1, -0.05) is 0 Å². The number of pyridine rings is 1. The Morgan fingerprint density at radius 3 is 2.86 bits per heavy atom. The normalized spacial score (nSPS) is 11.5. The quantitative estimate of drug-likeness (QED) is 0.572. The van der Waals surface area contributed by atoms with E-state index in [0.717, 1.165) is 22.4 Å². The van der Waals surface area contributed by atoms with Crippen molar-refractivity contribution in [2.24, 2.45) is 0 Å². The zero-order valence-electron chi connectivity index (χ0n) is 11.6. The maximum atomic E-state index is 6.00. The summed E-state index contributed by atoms with van der Waals surface area (Å²) in [5, 5.41) is 5.34. The molecular weight excluding hydrogens is 266 g/mol. The number of imidazole rings is 1. The second-order valence-electron chi connectivity index (χ2n) is 4.93. The monoisotopic (exact) mass is 279 g/mol. The Hall–Kier alpha value is -2.96. The van der Waals surface area contributed by atoms with Crippen molar-refractivity contribution in [2.45, 2.75) is 13.8 Å². The minimum atomic E-state index is 0.463. The van der Waals surface area contributed by atoms with Crippen molar-refractivity contribution in [1.82, 2.24) is 29.1 Å². The minimum Gasteiger partial charge on any atom is -0.383 e. The van der Waals surface area contributed by atoms with Crippen LogP contribution in [0.2, 0.25) is 0 Å². The highest BCUT2D eigenvalue weighted by molar-refractivity contribution is 5.88. The Kier molecular flexibility index (Phi) is 2.26. The van der Waals surface area contributed by atoms with Crippen LogP contribution in [0.15, 0.2) is 30.7 Å². The van der Waals surface area contributed by atoms with E-state index in [2.05, 4.69) is 20.1 Å². The van der Waals surface area contributed by atoms with Crippen LogP contribution in [0.3, 0.4) is 0 Å². The first-order valence-corrected chi connectivity index (χ1v) is 6.56. The second kappa shape index (κ2) is 4.02. The summed E-state index contributed by atoms with van der Waals surface area (Å²) in [6.45, 7) is 3.77. The highest BCUT2D eigenvalue weighted by atomic mass is 15.3. The molecule has 0 aliphatic carbocycles. The summed E-state index contributed by atoms with van der Waals surface area (Å²) < 4.78 is 3.77. The van der Waals surface area contributed by atoms with Crippen molar-refractivity contribution in [3.05, 3.63) is 42.2 Å². The molecule has 7 heteroatoms. The molecule has 0 fully saturated rings. The summed E-state index contributed by atoms with van der Waals surface area (Å²) in [5.74, 6) is 1.08. The van der Waals surface area contributed by atoms with Gasteiger partial charge in [-0.25, -0.2) is 19.6 Å². The molecule has 104 valence electrons. The first-order valence-electron chi connectivity index (χ1n) is 6.56. The fourth-order valence-corrected chi connectivity index (χ4v) is 2.56. The summed E-state index contributed by atoms with van der Waals surface area (Å²) >= 11 is 0. The Balaban J connectivity index is 2.01. The molecule has 2 N–H and O–H groups in total. The number of fused-ring (bicyclic) bond motifs is 2. The second-order valence-corrected chi connectivity index (χ2v) is 4.93. The van der Waals surface area contributed by atoms with E-state index in [0.29, 0.717) is 17.3 Å².